The van der Waals surface area contributed by atoms with Crippen molar-refractivity contribution in [3.05, 3.63) is 59.2 Å². The Morgan fingerprint density at radius 2 is 1.88 bits per heavy atom. The summed E-state index contributed by atoms with van der Waals surface area (Å²) in [5, 5.41) is 0. The molecule has 0 aliphatic rings. The van der Waals surface area contributed by atoms with Crippen LogP contribution in [0.15, 0.2) is 36.4 Å². The van der Waals surface area contributed by atoms with Crippen molar-refractivity contribution in [1.29, 1.82) is 0 Å². The topological polar surface area (TPSA) is 72.5 Å². The third-order valence-electron chi connectivity index (χ3n) is 3.09. The molecular weight excluding hydrogens is 340 g/mol. The van der Waals surface area contributed by atoms with Crippen molar-refractivity contribution in [3.63, 3.8) is 0 Å². The lowest BCUT2D eigenvalue weighted by Crippen LogP contribution is -2.29. The van der Waals surface area contributed by atoms with Crippen LogP contribution >= 0.6 is 0 Å². The molecule has 0 bridgehead atoms. The number of aryl methyl sites for hydroxylation is 1. The number of carbonyl (C=O) groups is 1. The summed E-state index contributed by atoms with van der Waals surface area (Å²) in [6.45, 7) is 1.82. The van der Waals surface area contributed by atoms with Gasteiger partial charge in [0.15, 0.2) is 0 Å². The summed E-state index contributed by atoms with van der Waals surface area (Å²) in [7, 11) is -3.79. The number of sulfonamides is 1. The van der Waals surface area contributed by atoms with Crippen molar-refractivity contribution in [2.45, 2.75) is 13.3 Å². The number of hydrogen-bond acceptors (Lipinski definition) is 4. The first kappa shape index (κ1) is 17.9. The van der Waals surface area contributed by atoms with Crippen LogP contribution in [0.3, 0.4) is 0 Å². The van der Waals surface area contributed by atoms with E-state index in [0.29, 0.717) is 17.7 Å². The fourth-order valence-corrected chi connectivity index (χ4v) is 2.46. The highest BCUT2D eigenvalue weighted by atomic mass is 32.2. The minimum absolute atomic E-state index is 0.102. The summed E-state index contributed by atoms with van der Waals surface area (Å²) in [6.07, 6.45) is 1.31. The molecule has 1 N–H and O–H groups in total. The van der Waals surface area contributed by atoms with Crippen LogP contribution in [-0.2, 0) is 16.4 Å². The molecule has 0 saturated heterocycles. The normalized spacial score (nSPS) is 11.2. The number of rotatable bonds is 5. The zero-order chi connectivity index (χ0) is 17.9. The maximum absolute atomic E-state index is 14.0. The fraction of sp³-hybridized carbons (Fsp3) is 0.188. The lowest BCUT2D eigenvalue weighted by Gasteiger charge is -2.11. The van der Waals surface area contributed by atoms with Gasteiger partial charge in [-0.05, 0) is 42.3 Å². The summed E-state index contributed by atoms with van der Waals surface area (Å²) in [4.78, 5) is 11.7. The van der Waals surface area contributed by atoms with Gasteiger partial charge >= 0.3 is 0 Å². The number of ether oxygens (including phenoxy) is 1. The second-order valence-electron chi connectivity index (χ2n) is 5.05. The zero-order valence-electron chi connectivity index (χ0n) is 13.0. The van der Waals surface area contributed by atoms with Gasteiger partial charge in [0.25, 0.3) is 5.91 Å². The van der Waals surface area contributed by atoms with Crippen LogP contribution in [0.5, 0.6) is 11.5 Å². The van der Waals surface area contributed by atoms with Gasteiger partial charge in [0.2, 0.25) is 10.0 Å². The number of halogens is 2. The average Bonchev–Trinajstić information content (AvgIpc) is 2.47. The molecule has 0 fully saturated rings. The molecule has 2 rings (SSSR count). The monoisotopic (exact) mass is 355 g/mol. The molecule has 2 aromatic carbocycles. The Morgan fingerprint density at radius 1 is 1.17 bits per heavy atom. The lowest BCUT2D eigenvalue weighted by molar-refractivity contribution is 0.0977. The fourth-order valence-electron chi connectivity index (χ4n) is 2.02. The highest BCUT2D eigenvalue weighted by Crippen LogP contribution is 2.27. The van der Waals surface area contributed by atoms with Gasteiger partial charge in [-0.15, -0.1) is 0 Å². The Bertz CT molecular complexity index is 882. The molecule has 2 aromatic rings. The molecule has 0 atom stereocenters. The smallest absolute Gasteiger partial charge is 0.267 e. The van der Waals surface area contributed by atoms with E-state index in [1.165, 1.54) is 24.3 Å². The van der Waals surface area contributed by atoms with E-state index < -0.39 is 33.1 Å². The number of amides is 1. The Labute approximate surface area is 138 Å². The second-order valence-corrected chi connectivity index (χ2v) is 6.80. The molecule has 1 amide bonds. The highest BCUT2D eigenvalue weighted by molar-refractivity contribution is 7.89. The van der Waals surface area contributed by atoms with E-state index in [9.17, 15) is 22.0 Å². The van der Waals surface area contributed by atoms with Crippen molar-refractivity contribution >= 4 is 15.9 Å². The van der Waals surface area contributed by atoms with Gasteiger partial charge < -0.3 is 4.74 Å². The minimum atomic E-state index is -3.79. The van der Waals surface area contributed by atoms with E-state index in [1.54, 1.807) is 4.72 Å². The molecular formula is C16H15F2NO4S. The molecule has 24 heavy (non-hydrogen) atoms. The van der Waals surface area contributed by atoms with Crippen molar-refractivity contribution in [2.75, 3.05) is 6.26 Å². The predicted molar refractivity (Wildman–Crippen MR) is 84.6 cm³/mol. The molecule has 0 aliphatic carbocycles. The summed E-state index contributed by atoms with van der Waals surface area (Å²) in [5.41, 5.74) is 0.178. The van der Waals surface area contributed by atoms with Crippen molar-refractivity contribution < 1.29 is 26.7 Å². The highest BCUT2D eigenvalue weighted by Gasteiger charge is 2.16. The molecule has 0 unspecified atom stereocenters. The van der Waals surface area contributed by atoms with Gasteiger partial charge in [-0.2, -0.15) is 0 Å². The van der Waals surface area contributed by atoms with Gasteiger partial charge in [0, 0.05) is 6.07 Å². The van der Waals surface area contributed by atoms with Gasteiger partial charge in [-0.1, -0.05) is 6.92 Å². The minimum Gasteiger partial charge on any atom is -0.457 e. The third-order valence-corrected chi connectivity index (χ3v) is 3.65. The van der Waals surface area contributed by atoms with E-state index in [2.05, 4.69) is 0 Å². The molecule has 128 valence electrons. The average molecular weight is 355 g/mol. The number of hydrogen-bond donors (Lipinski definition) is 1. The second kappa shape index (κ2) is 6.96. The SMILES string of the molecule is CCc1cc(F)ccc1Oc1ccc(C(=O)NS(C)(=O)=O)c(F)c1. The maximum atomic E-state index is 14.0. The zero-order valence-corrected chi connectivity index (χ0v) is 13.8. The number of carbonyl (C=O) groups excluding carboxylic acids is 1. The Hall–Kier alpha value is -2.48. The molecule has 0 aromatic heterocycles. The standard InChI is InChI=1S/C16H15F2NO4S/c1-3-10-8-11(17)4-7-15(10)23-12-5-6-13(14(18)9-12)16(20)19-24(2,21)22/h4-9H,3H2,1-2H3,(H,19,20). The third kappa shape index (κ3) is 4.51. The van der Waals surface area contributed by atoms with Gasteiger partial charge in [0.1, 0.15) is 23.1 Å². The van der Waals surface area contributed by atoms with Crippen LogP contribution in [0.2, 0.25) is 0 Å². The van der Waals surface area contributed by atoms with Crippen molar-refractivity contribution in [2.24, 2.45) is 0 Å². The molecule has 8 heteroatoms. The predicted octanol–water partition coefficient (Wildman–Crippen LogP) is 3.01. The van der Waals surface area contributed by atoms with Crippen LogP contribution in [0.1, 0.15) is 22.8 Å². The number of nitrogens with one attached hydrogen (secondary N) is 1. The van der Waals surface area contributed by atoms with E-state index in [0.717, 1.165) is 18.4 Å². The van der Waals surface area contributed by atoms with Crippen molar-refractivity contribution in [3.8, 4) is 11.5 Å². The van der Waals surface area contributed by atoms with Gasteiger partial charge in [-0.25, -0.2) is 21.9 Å². The summed E-state index contributed by atoms with van der Waals surface area (Å²) < 4.78 is 56.5. The molecule has 5 nitrogen and oxygen atoms in total. The summed E-state index contributed by atoms with van der Waals surface area (Å²) in [6, 6.07) is 7.36. The summed E-state index contributed by atoms with van der Waals surface area (Å²) >= 11 is 0. The molecule has 0 spiro atoms. The molecule has 0 aliphatic heterocycles. The Morgan fingerprint density at radius 3 is 2.46 bits per heavy atom. The van der Waals surface area contributed by atoms with E-state index in [-0.39, 0.29) is 5.75 Å². The Kier molecular flexibility index (Phi) is 5.18. The number of benzene rings is 2. The maximum Gasteiger partial charge on any atom is 0.267 e. The molecule has 0 radical (unpaired) electrons. The molecule has 0 heterocycles. The van der Waals surface area contributed by atoms with Crippen molar-refractivity contribution in [1.82, 2.24) is 4.72 Å². The first-order valence-electron chi connectivity index (χ1n) is 6.97. The van der Waals surface area contributed by atoms with Crippen LogP contribution < -0.4 is 9.46 Å². The summed E-state index contributed by atoms with van der Waals surface area (Å²) in [5.74, 6) is -1.94. The van der Waals surface area contributed by atoms with E-state index in [4.69, 9.17) is 4.74 Å². The van der Waals surface area contributed by atoms with Crippen LogP contribution in [-0.4, -0.2) is 20.6 Å². The quantitative estimate of drug-likeness (QED) is 0.895. The molecule has 0 saturated carbocycles. The first-order valence-corrected chi connectivity index (χ1v) is 8.86. The Balaban J connectivity index is 2.26. The van der Waals surface area contributed by atoms with Crippen LogP contribution in [0.25, 0.3) is 0 Å². The van der Waals surface area contributed by atoms with Gasteiger partial charge in [-0.3, -0.25) is 4.79 Å². The van der Waals surface area contributed by atoms with Crippen LogP contribution in [0, 0.1) is 11.6 Å². The van der Waals surface area contributed by atoms with E-state index >= 15 is 0 Å². The lowest BCUT2D eigenvalue weighted by atomic mass is 10.1. The largest absolute Gasteiger partial charge is 0.457 e. The van der Waals surface area contributed by atoms with Crippen LogP contribution in [0.4, 0.5) is 8.78 Å². The van der Waals surface area contributed by atoms with E-state index in [1.807, 2.05) is 6.92 Å². The first-order chi connectivity index (χ1) is 11.2. The van der Waals surface area contributed by atoms with Gasteiger partial charge in [0.05, 0.1) is 11.8 Å².